The number of nitrogens with two attached hydrogens (primary N) is 1. The van der Waals surface area contributed by atoms with Crippen molar-refractivity contribution in [2.75, 3.05) is 25.5 Å². The Morgan fingerprint density at radius 3 is 2.33 bits per heavy atom. The third kappa shape index (κ3) is 4.25. The Hall–Kier alpha value is -3.48. The van der Waals surface area contributed by atoms with Crippen molar-refractivity contribution in [1.29, 1.82) is 0 Å². The van der Waals surface area contributed by atoms with Gasteiger partial charge in [0.2, 0.25) is 0 Å². The van der Waals surface area contributed by atoms with E-state index in [1.54, 1.807) is 13.3 Å². The smallest absolute Gasteiger partial charge is 0.136 e. The molecular formula is C24H24N4O2. The fourth-order valence-electron chi connectivity index (χ4n) is 3.27. The number of anilines is 1. The van der Waals surface area contributed by atoms with E-state index in [1.165, 1.54) is 0 Å². The van der Waals surface area contributed by atoms with Crippen molar-refractivity contribution in [2.45, 2.75) is 6.10 Å². The summed E-state index contributed by atoms with van der Waals surface area (Å²) in [5.74, 6) is 1.52. The summed E-state index contributed by atoms with van der Waals surface area (Å²) in [7, 11) is 1.66. The second-order valence-electron chi connectivity index (χ2n) is 7.00. The van der Waals surface area contributed by atoms with Gasteiger partial charge in [-0.05, 0) is 41.5 Å². The predicted octanol–water partition coefficient (Wildman–Crippen LogP) is 3.70. The van der Waals surface area contributed by atoms with Gasteiger partial charge in [0.25, 0.3) is 0 Å². The van der Waals surface area contributed by atoms with Crippen molar-refractivity contribution in [3.8, 4) is 28.1 Å². The van der Waals surface area contributed by atoms with Crippen molar-refractivity contribution in [2.24, 2.45) is 5.73 Å². The van der Waals surface area contributed by atoms with Gasteiger partial charge >= 0.3 is 0 Å². The number of aliphatic hydroxyl groups excluding tert-OH is 1. The topological polar surface area (TPSA) is 93.3 Å². The molecule has 4 N–H and O–H groups in total. The Kier molecular flexibility index (Phi) is 5.88. The van der Waals surface area contributed by atoms with Crippen molar-refractivity contribution >= 4 is 16.7 Å². The van der Waals surface area contributed by atoms with E-state index in [0.29, 0.717) is 12.4 Å². The van der Waals surface area contributed by atoms with Crippen LogP contribution in [0.3, 0.4) is 0 Å². The average molecular weight is 400 g/mol. The number of nitrogens with one attached hydrogen (secondary N) is 1. The van der Waals surface area contributed by atoms with E-state index in [2.05, 4.69) is 34.6 Å². The zero-order chi connectivity index (χ0) is 20.9. The highest BCUT2D eigenvalue weighted by atomic mass is 16.5. The maximum absolute atomic E-state index is 9.81. The fourth-order valence-corrected chi connectivity index (χ4v) is 3.27. The van der Waals surface area contributed by atoms with Crippen molar-refractivity contribution in [1.82, 2.24) is 9.97 Å². The molecule has 2 aromatic heterocycles. The number of pyridine rings is 2. The summed E-state index contributed by atoms with van der Waals surface area (Å²) in [4.78, 5) is 9.26. The number of nitrogens with zero attached hydrogens (tertiary/aromatic N) is 2. The Bertz CT molecular complexity index is 1130. The molecule has 6 heteroatoms. The van der Waals surface area contributed by atoms with Gasteiger partial charge in [-0.1, -0.05) is 36.4 Å². The standard InChI is InChI=1S/C24H24N4O2/c1-30-20-10-8-17(9-11-20)16-4-6-18(7-5-16)22-13-23-21(3-2-12-26-23)24(28-22)27-15-19(29)14-25/h2-13,19,29H,14-15,25H2,1H3,(H,27,28). The molecule has 0 spiro atoms. The molecule has 6 nitrogen and oxygen atoms in total. The summed E-state index contributed by atoms with van der Waals surface area (Å²) >= 11 is 0. The van der Waals surface area contributed by atoms with Crippen LogP contribution in [0.1, 0.15) is 0 Å². The molecule has 0 radical (unpaired) electrons. The molecule has 4 aromatic rings. The molecule has 152 valence electrons. The number of hydrogen-bond donors (Lipinski definition) is 3. The molecule has 0 saturated carbocycles. The minimum atomic E-state index is -0.633. The lowest BCUT2D eigenvalue weighted by molar-refractivity contribution is 0.196. The molecule has 30 heavy (non-hydrogen) atoms. The number of fused-ring (bicyclic) bond motifs is 1. The van der Waals surface area contributed by atoms with Crippen LogP contribution < -0.4 is 15.8 Å². The van der Waals surface area contributed by atoms with Crippen LogP contribution in [0.2, 0.25) is 0 Å². The molecule has 4 rings (SSSR count). The lowest BCUT2D eigenvalue weighted by Gasteiger charge is -2.14. The van der Waals surface area contributed by atoms with E-state index >= 15 is 0 Å². The molecule has 2 aromatic carbocycles. The molecule has 0 amide bonds. The minimum Gasteiger partial charge on any atom is -0.497 e. The predicted molar refractivity (Wildman–Crippen MR) is 121 cm³/mol. The van der Waals surface area contributed by atoms with Crippen LogP contribution in [-0.4, -0.2) is 41.4 Å². The average Bonchev–Trinajstić information content (AvgIpc) is 2.82. The van der Waals surface area contributed by atoms with Crippen LogP contribution in [0.25, 0.3) is 33.3 Å². The molecule has 0 aliphatic carbocycles. The van der Waals surface area contributed by atoms with E-state index in [9.17, 15) is 5.11 Å². The van der Waals surface area contributed by atoms with E-state index < -0.39 is 6.10 Å². The van der Waals surface area contributed by atoms with Crippen LogP contribution in [-0.2, 0) is 0 Å². The largest absolute Gasteiger partial charge is 0.497 e. The summed E-state index contributed by atoms with van der Waals surface area (Å²) in [6, 6.07) is 22.0. The monoisotopic (exact) mass is 400 g/mol. The number of benzene rings is 2. The number of ether oxygens (including phenoxy) is 1. The Labute approximate surface area is 175 Å². The first-order valence-corrected chi connectivity index (χ1v) is 9.80. The first-order chi connectivity index (χ1) is 14.7. The maximum Gasteiger partial charge on any atom is 0.136 e. The lowest BCUT2D eigenvalue weighted by Crippen LogP contribution is -2.28. The van der Waals surface area contributed by atoms with E-state index in [4.69, 9.17) is 15.5 Å². The van der Waals surface area contributed by atoms with E-state index in [1.807, 2.05) is 42.5 Å². The summed E-state index contributed by atoms with van der Waals surface area (Å²) < 4.78 is 5.23. The molecule has 0 bridgehead atoms. The molecule has 0 aliphatic rings. The summed E-state index contributed by atoms with van der Waals surface area (Å²) in [6.45, 7) is 0.517. The van der Waals surface area contributed by atoms with Crippen LogP contribution in [0, 0.1) is 0 Å². The van der Waals surface area contributed by atoms with Gasteiger partial charge in [0.1, 0.15) is 11.6 Å². The number of rotatable bonds is 7. The van der Waals surface area contributed by atoms with Gasteiger partial charge < -0.3 is 20.9 Å². The fraction of sp³-hybridized carbons (Fsp3) is 0.167. The van der Waals surface area contributed by atoms with Crippen LogP contribution in [0.4, 0.5) is 5.82 Å². The van der Waals surface area contributed by atoms with Crippen molar-refractivity contribution in [3.05, 3.63) is 72.9 Å². The normalized spacial score (nSPS) is 12.0. The first kappa shape index (κ1) is 19.8. The third-order valence-corrected chi connectivity index (χ3v) is 4.98. The van der Waals surface area contributed by atoms with Crippen LogP contribution in [0.5, 0.6) is 5.75 Å². The third-order valence-electron chi connectivity index (χ3n) is 4.98. The van der Waals surface area contributed by atoms with Gasteiger partial charge in [-0.25, -0.2) is 4.98 Å². The number of aliphatic hydroxyl groups is 1. The maximum atomic E-state index is 9.81. The highest BCUT2D eigenvalue weighted by Gasteiger charge is 2.10. The van der Waals surface area contributed by atoms with Crippen LogP contribution in [0.15, 0.2) is 72.9 Å². The first-order valence-electron chi connectivity index (χ1n) is 9.80. The zero-order valence-electron chi connectivity index (χ0n) is 16.7. The summed E-state index contributed by atoms with van der Waals surface area (Å²) in [5.41, 5.74) is 10.4. The van der Waals surface area contributed by atoms with Crippen LogP contribution >= 0.6 is 0 Å². The van der Waals surface area contributed by atoms with Gasteiger partial charge in [0.05, 0.1) is 24.4 Å². The molecule has 0 saturated heterocycles. The summed E-state index contributed by atoms with van der Waals surface area (Å²) in [6.07, 6.45) is 1.13. The molecule has 1 atom stereocenters. The Balaban J connectivity index is 1.66. The lowest BCUT2D eigenvalue weighted by atomic mass is 10.0. The Morgan fingerprint density at radius 2 is 1.67 bits per heavy atom. The highest BCUT2D eigenvalue weighted by molar-refractivity contribution is 5.92. The van der Waals surface area contributed by atoms with Gasteiger partial charge in [-0.2, -0.15) is 0 Å². The number of methoxy groups -OCH3 is 1. The highest BCUT2D eigenvalue weighted by Crippen LogP contribution is 2.29. The molecule has 0 fully saturated rings. The quantitative estimate of drug-likeness (QED) is 0.438. The van der Waals surface area contributed by atoms with E-state index in [-0.39, 0.29) is 6.54 Å². The van der Waals surface area contributed by atoms with Gasteiger partial charge in [0.15, 0.2) is 0 Å². The van der Waals surface area contributed by atoms with Crippen molar-refractivity contribution in [3.63, 3.8) is 0 Å². The van der Waals surface area contributed by atoms with Gasteiger partial charge in [0, 0.05) is 30.2 Å². The second-order valence-corrected chi connectivity index (χ2v) is 7.00. The minimum absolute atomic E-state index is 0.190. The van der Waals surface area contributed by atoms with Crippen molar-refractivity contribution < 1.29 is 9.84 Å². The SMILES string of the molecule is COc1ccc(-c2ccc(-c3cc4ncccc4c(NCC(O)CN)n3)cc2)cc1. The molecular weight excluding hydrogens is 376 g/mol. The number of aromatic nitrogens is 2. The van der Waals surface area contributed by atoms with E-state index in [0.717, 1.165) is 39.0 Å². The second kappa shape index (κ2) is 8.90. The van der Waals surface area contributed by atoms with Gasteiger partial charge in [-0.15, -0.1) is 0 Å². The molecule has 0 aliphatic heterocycles. The zero-order valence-corrected chi connectivity index (χ0v) is 16.7. The van der Waals surface area contributed by atoms with Gasteiger partial charge in [-0.3, -0.25) is 4.98 Å². The molecule has 2 heterocycles. The summed E-state index contributed by atoms with van der Waals surface area (Å²) in [5, 5.41) is 13.9. The Morgan fingerprint density at radius 1 is 1.00 bits per heavy atom. The molecule has 1 unspecified atom stereocenters. The number of hydrogen-bond acceptors (Lipinski definition) is 6.